The van der Waals surface area contributed by atoms with E-state index in [0.29, 0.717) is 10.6 Å². The van der Waals surface area contributed by atoms with E-state index in [1.807, 2.05) is 18.2 Å². The minimum absolute atomic E-state index is 0.425. The maximum absolute atomic E-state index is 5.32. The highest BCUT2D eigenvalue weighted by Gasteiger charge is 2.23. The Kier molecular flexibility index (Phi) is 4.26. The first-order chi connectivity index (χ1) is 12.2. The summed E-state index contributed by atoms with van der Waals surface area (Å²) in [6, 6.07) is 5.72. The number of hydrogen-bond acceptors (Lipinski definition) is 5. The lowest BCUT2D eigenvalue weighted by atomic mass is 10.2. The van der Waals surface area contributed by atoms with E-state index in [1.165, 1.54) is 11.3 Å². The van der Waals surface area contributed by atoms with E-state index in [4.69, 9.17) is 17.0 Å². The molecule has 2 N–H and O–H groups in total. The quantitative estimate of drug-likeness (QED) is 0.501. The Morgan fingerprint density at radius 1 is 1.32 bits per heavy atom. The van der Waals surface area contributed by atoms with E-state index in [0.717, 1.165) is 40.7 Å². The van der Waals surface area contributed by atoms with E-state index in [-0.39, 0.29) is 0 Å². The Labute approximate surface area is 157 Å². The predicted octanol–water partition coefficient (Wildman–Crippen LogP) is 3.47. The number of H-pyrrole nitrogens is 2. The molecule has 0 saturated carbocycles. The second-order valence-corrected chi connectivity index (χ2v) is 6.93. The van der Waals surface area contributed by atoms with Crippen LogP contribution in [-0.4, -0.2) is 38.4 Å². The highest BCUT2D eigenvalue weighted by atomic mass is 79.9. The van der Waals surface area contributed by atoms with Crippen LogP contribution in [0.5, 0.6) is 5.75 Å². The molecule has 9 heteroatoms. The fourth-order valence-electron chi connectivity index (χ4n) is 2.94. The molecule has 0 aliphatic heterocycles. The number of aryl methyl sites for hydroxylation is 1. The van der Waals surface area contributed by atoms with Crippen LogP contribution in [0.15, 0.2) is 27.8 Å². The van der Waals surface area contributed by atoms with Gasteiger partial charge in [0.25, 0.3) is 0 Å². The van der Waals surface area contributed by atoms with Crippen molar-refractivity contribution in [2.24, 2.45) is 5.10 Å². The predicted molar refractivity (Wildman–Crippen MR) is 101 cm³/mol. The number of nitrogens with zero attached hydrogens (tertiary/aromatic N) is 4. The Balaban J connectivity index is 1.71. The van der Waals surface area contributed by atoms with Gasteiger partial charge in [-0.1, -0.05) is 0 Å². The van der Waals surface area contributed by atoms with Gasteiger partial charge in [-0.3, -0.25) is 5.10 Å². The fraction of sp³-hybridized carbons (Fsp3) is 0.250. The Hall–Kier alpha value is -2.26. The van der Waals surface area contributed by atoms with Crippen LogP contribution in [0.3, 0.4) is 0 Å². The highest BCUT2D eigenvalue weighted by molar-refractivity contribution is 9.10. The lowest BCUT2D eigenvalue weighted by Gasteiger charge is -2.03. The maximum atomic E-state index is 5.32. The third kappa shape index (κ3) is 2.93. The SMILES string of the molecule is COc1ccc(C=Nn2c(-c3n[nH]c4c3CCC4)n[nH]c2=S)cc1Br. The molecule has 1 aliphatic carbocycles. The second kappa shape index (κ2) is 6.57. The molecule has 3 aromatic rings. The van der Waals surface area contributed by atoms with Crippen molar-refractivity contribution in [1.82, 2.24) is 25.1 Å². The number of ether oxygens (including phenoxy) is 1. The molecule has 1 aliphatic rings. The molecule has 0 saturated heterocycles. The average Bonchev–Trinajstić information content (AvgIpc) is 3.29. The van der Waals surface area contributed by atoms with Gasteiger partial charge in [0.2, 0.25) is 10.6 Å². The van der Waals surface area contributed by atoms with Crippen molar-refractivity contribution in [1.29, 1.82) is 0 Å². The average molecular weight is 419 g/mol. The van der Waals surface area contributed by atoms with E-state index in [1.54, 1.807) is 18.0 Å². The van der Waals surface area contributed by atoms with Gasteiger partial charge < -0.3 is 4.74 Å². The van der Waals surface area contributed by atoms with Gasteiger partial charge in [0.1, 0.15) is 11.4 Å². The zero-order chi connectivity index (χ0) is 17.4. The standard InChI is InChI=1S/C16H15BrN6OS/c1-24-13-6-5-9(7-11(13)17)8-18-23-15(21-22-16(23)25)14-10-3-2-4-12(10)19-20-14/h5-8H,2-4H2,1H3,(H,19,20)(H,22,25). The summed E-state index contributed by atoms with van der Waals surface area (Å²) in [6.45, 7) is 0. The number of hydrogen-bond donors (Lipinski definition) is 2. The normalized spacial score (nSPS) is 13.5. The molecule has 0 fully saturated rings. The van der Waals surface area contributed by atoms with E-state index in [2.05, 4.69) is 41.4 Å². The fourth-order valence-corrected chi connectivity index (χ4v) is 3.68. The smallest absolute Gasteiger partial charge is 0.216 e. The maximum Gasteiger partial charge on any atom is 0.216 e. The molecule has 128 valence electrons. The first-order valence-electron chi connectivity index (χ1n) is 7.79. The summed E-state index contributed by atoms with van der Waals surface area (Å²) in [5.74, 6) is 1.39. The molecule has 0 atom stereocenters. The molecule has 0 radical (unpaired) electrons. The van der Waals surface area contributed by atoms with Gasteiger partial charge in [-0.2, -0.15) is 20.0 Å². The molecule has 0 amide bonds. The van der Waals surface area contributed by atoms with Gasteiger partial charge >= 0.3 is 0 Å². The number of methoxy groups -OCH3 is 1. The van der Waals surface area contributed by atoms with E-state index >= 15 is 0 Å². The van der Waals surface area contributed by atoms with Crippen LogP contribution < -0.4 is 4.74 Å². The van der Waals surface area contributed by atoms with Crippen molar-refractivity contribution in [3.8, 4) is 17.3 Å². The number of nitrogens with one attached hydrogen (secondary N) is 2. The first kappa shape index (κ1) is 16.2. The number of fused-ring (bicyclic) bond motifs is 1. The van der Waals surface area contributed by atoms with Gasteiger partial charge in [-0.05, 0) is 71.2 Å². The molecule has 0 unspecified atom stereocenters. The second-order valence-electron chi connectivity index (χ2n) is 5.69. The summed E-state index contributed by atoms with van der Waals surface area (Å²) in [7, 11) is 1.63. The summed E-state index contributed by atoms with van der Waals surface area (Å²) in [6.07, 6.45) is 4.88. The Bertz CT molecular complexity index is 1020. The third-order valence-corrected chi connectivity index (χ3v) is 5.05. The number of benzene rings is 1. The summed E-state index contributed by atoms with van der Waals surface area (Å²) in [5.41, 5.74) is 4.11. The van der Waals surface area contributed by atoms with Crippen LogP contribution >= 0.6 is 28.1 Å². The summed E-state index contributed by atoms with van der Waals surface area (Å²) >= 11 is 8.79. The van der Waals surface area contributed by atoms with Crippen LogP contribution in [0.1, 0.15) is 23.2 Å². The number of halogens is 1. The van der Waals surface area contributed by atoms with Crippen molar-refractivity contribution in [2.75, 3.05) is 7.11 Å². The molecule has 7 nitrogen and oxygen atoms in total. The van der Waals surface area contributed by atoms with Gasteiger partial charge in [0, 0.05) is 11.3 Å². The first-order valence-corrected chi connectivity index (χ1v) is 8.99. The van der Waals surface area contributed by atoms with E-state index in [9.17, 15) is 0 Å². The van der Waals surface area contributed by atoms with Crippen molar-refractivity contribution in [3.05, 3.63) is 44.3 Å². The molecule has 4 rings (SSSR count). The highest BCUT2D eigenvalue weighted by Crippen LogP contribution is 2.29. The molecular formula is C16H15BrN6OS. The Morgan fingerprint density at radius 3 is 3.00 bits per heavy atom. The lowest BCUT2D eigenvalue weighted by Crippen LogP contribution is -1.97. The number of aromatic amines is 2. The Morgan fingerprint density at radius 2 is 2.20 bits per heavy atom. The number of rotatable bonds is 4. The van der Waals surface area contributed by atoms with Crippen LogP contribution in [0.25, 0.3) is 11.5 Å². The van der Waals surface area contributed by atoms with Crippen molar-refractivity contribution < 1.29 is 4.74 Å². The minimum atomic E-state index is 0.425. The van der Waals surface area contributed by atoms with Crippen LogP contribution in [0.2, 0.25) is 0 Å². The van der Waals surface area contributed by atoms with Crippen molar-refractivity contribution in [3.63, 3.8) is 0 Å². The van der Waals surface area contributed by atoms with Gasteiger partial charge in [0.05, 0.1) is 17.8 Å². The van der Waals surface area contributed by atoms with Crippen LogP contribution in [0, 0.1) is 4.77 Å². The van der Waals surface area contributed by atoms with Gasteiger partial charge in [0.15, 0.2) is 0 Å². The molecule has 2 heterocycles. The summed E-state index contributed by atoms with van der Waals surface area (Å²) in [4.78, 5) is 0. The summed E-state index contributed by atoms with van der Waals surface area (Å²) in [5, 5.41) is 19.1. The van der Waals surface area contributed by atoms with Crippen molar-refractivity contribution >= 4 is 34.4 Å². The van der Waals surface area contributed by atoms with Crippen LogP contribution in [0.4, 0.5) is 0 Å². The zero-order valence-corrected chi connectivity index (χ0v) is 15.8. The lowest BCUT2D eigenvalue weighted by molar-refractivity contribution is 0.412. The van der Waals surface area contributed by atoms with Gasteiger partial charge in [-0.25, -0.2) is 5.10 Å². The molecule has 0 bridgehead atoms. The third-order valence-electron chi connectivity index (χ3n) is 4.17. The van der Waals surface area contributed by atoms with Gasteiger partial charge in [-0.15, -0.1) is 0 Å². The molecule has 0 spiro atoms. The van der Waals surface area contributed by atoms with Crippen LogP contribution in [-0.2, 0) is 12.8 Å². The molecule has 1 aromatic carbocycles. The minimum Gasteiger partial charge on any atom is -0.496 e. The van der Waals surface area contributed by atoms with E-state index < -0.39 is 0 Å². The van der Waals surface area contributed by atoms with Crippen molar-refractivity contribution in [2.45, 2.75) is 19.3 Å². The number of aromatic nitrogens is 5. The zero-order valence-electron chi connectivity index (χ0n) is 13.4. The molecule has 25 heavy (non-hydrogen) atoms. The monoisotopic (exact) mass is 418 g/mol. The summed E-state index contributed by atoms with van der Waals surface area (Å²) < 4.78 is 8.13. The molecule has 2 aromatic heterocycles. The topological polar surface area (TPSA) is 83.9 Å². The largest absolute Gasteiger partial charge is 0.496 e. The molecular weight excluding hydrogens is 404 g/mol.